The zero-order valence-corrected chi connectivity index (χ0v) is 16.8. The average molecular weight is 404 g/mol. The van der Waals surface area contributed by atoms with Crippen LogP contribution in [0.4, 0.5) is 0 Å². The first-order valence-electron chi connectivity index (χ1n) is 9.29. The van der Waals surface area contributed by atoms with Gasteiger partial charge in [0.05, 0.1) is 11.8 Å². The minimum atomic E-state index is -0.107. The van der Waals surface area contributed by atoms with Crippen LogP contribution in [0.5, 0.6) is 0 Å². The summed E-state index contributed by atoms with van der Waals surface area (Å²) < 4.78 is 1.42. The maximum atomic E-state index is 12.5. The summed E-state index contributed by atoms with van der Waals surface area (Å²) in [5, 5.41) is 14.1. The Labute approximate surface area is 173 Å². The molecule has 0 fully saturated rings. The van der Waals surface area contributed by atoms with Gasteiger partial charge >= 0.3 is 0 Å². The number of benzene rings is 3. The second-order valence-electron chi connectivity index (χ2n) is 6.69. The van der Waals surface area contributed by atoms with Crippen molar-refractivity contribution in [2.45, 2.75) is 18.1 Å². The lowest BCUT2D eigenvalue weighted by molar-refractivity contribution is -0.119. The van der Waals surface area contributed by atoms with E-state index in [1.165, 1.54) is 16.4 Å². The van der Waals surface area contributed by atoms with Crippen LogP contribution in [0.3, 0.4) is 0 Å². The molecule has 0 radical (unpaired) electrons. The molecule has 146 valence electrons. The number of aromatic nitrogens is 3. The van der Waals surface area contributed by atoms with Crippen LogP contribution in [0.1, 0.15) is 18.5 Å². The third-order valence-electron chi connectivity index (χ3n) is 4.70. The quantitative estimate of drug-likeness (QED) is 0.378. The summed E-state index contributed by atoms with van der Waals surface area (Å²) in [6.07, 6.45) is 0. The van der Waals surface area contributed by atoms with Gasteiger partial charge in [-0.1, -0.05) is 84.6 Å². The summed E-state index contributed by atoms with van der Waals surface area (Å²) in [5.41, 5.74) is 1.97. The Morgan fingerprint density at radius 3 is 2.59 bits per heavy atom. The number of carbonyl (C=O) groups excluding carboxylic acids is 1. The van der Waals surface area contributed by atoms with Crippen molar-refractivity contribution in [1.82, 2.24) is 20.2 Å². The van der Waals surface area contributed by atoms with Gasteiger partial charge in [-0.05, 0) is 23.3 Å². The number of nitrogen functional groups attached to an aromatic ring is 1. The first-order chi connectivity index (χ1) is 14.1. The van der Waals surface area contributed by atoms with Gasteiger partial charge in [0, 0.05) is 5.56 Å². The van der Waals surface area contributed by atoms with Crippen molar-refractivity contribution in [2.24, 2.45) is 0 Å². The standard InChI is InChI=1S/C22H21N5OS/c1-15(18-13-7-11-16-8-5-6-12-19(16)18)24-20(28)14-29-22-26-25-21(27(22)23)17-9-3-2-4-10-17/h2-13,15H,14,23H2,1H3,(H,24,28). The fourth-order valence-corrected chi connectivity index (χ4v) is 3.95. The van der Waals surface area contributed by atoms with Gasteiger partial charge in [0.1, 0.15) is 0 Å². The van der Waals surface area contributed by atoms with Crippen molar-refractivity contribution >= 4 is 28.4 Å². The van der Waals surface area contributed by atoms with E-state index in [0.29, 0.717) is 11.0 Å². The predicted molar refractivity (Wildman–Crippen MR) is 117 cm³/mol. The molecule has 0 aliphatic heterocycles. The summed E-state index contributed by atoms with van der Waals surface area (Å²) in [6.45, 7) is 1.99. The van der Waals surface area contributed by atoms with E-state index in [2.05, 4.69) is 33.7 Å². The molecular weight excluding hydrogens is 382 g/mol. The Morgan fingerprint density at radius 2 is 1.76 bits per heavy atom. The zero-order valence-electron chi connectivity index (χ0n) is 15.9. The fraction of sp³-hybridized carbons (Fsp3) is 0.136. The lowest BCUT2D eigenvalue weighted by Gasteiger charge is -2.16. The van der Waals surface area contributed by atoms with Gasteiger partial charge in [0.15, 0.2) is 5.82 Å². The van der Waals surface area contributed by atoms with E-state index in [0.717, 1.165) is 21.9 Å². The Hall–Kier alpha value is -3.32. The molecule has 1 unspecified atom stereocenters. The second-order valence-corrected chi connectivity index (χ2v) is 7.63. The van der Waals surface area contributed by atoms with E-state index in [1.54, 1.807) is 0 Å². The monoisotopic (exact) mass is 403 g/mol. The SMILES string of the molecule is CC(NC(=O)CSc1nnc(-c2ccccc2)n1N)c1cccc2ccccc12. The van der Waals surface area contributed by atoms with Crippen molar-refractivity contribution in [1.29, 1.82) is 0 Å². The Kier molecular flexibility index (Phi) is 5.48. The van der Waals surface area contributed by atoms with Crippen LogP contribution >= 0.6 is 11.8 Å². The highest BCUT2D eigenvalue weighted by atomic mass is 32.2. The Balaban J connectivity index is 1.41. The highest BCUT2D eigenvalue weighted by Gasteiger charge is 2.16. The Bertz CT molecular complexity index is 1140. The summed E-state index contributed by atoms with van der Waals surface area (Å²) in [6, 6.07) is 23.8. The highest BCUT2D eigenvalue weighted by molar-refractivity contribution is 7.99. The summed E-state index contributed by atoms with van der Waals surface area (Å²) in [7, 11) is 0. The molecule has 1 heterocycles. The number of carbonyl (C=O) groups is 1. The zero-order chi connectivity index (χ0) is 20.2. The van der Waals surface area contributed by atoms with Crippen LogP contribution in [0, 0.1) is 0 Å². The van der Waals surface area contributed by atoms with Crippen LogP contribution in [-0.4, -0.2) is 26.5 Å². The van der Waals surface area contributed by atoms with E-state index < -0.39 is 0 Å². The van der Waals surface area contributed by atoms with Gasteiger partial charge in [-0.3, -0.25) is 4.79 Å². The molecule has 0 aliphatic rings. The number of amides is 1. The topological polar surface area (TPSA) is 85.8 Å². The van der Waals surface area contributed by atoms with Gasteiger partial charge in [-0.2, -0.15) is 0 Å². The molecule has 1 amide bonds. The van der Waals surface area contributed by atoms with Crippen molar-refractivity contribution in [2.75, 3.05) is 11.6 Å². The molecule has 0 saturated carbocycles. The van der Waals surface area contributed by atoms with E-state index in [9.17, 15) is 4.79 Å². The maximum Gasteiger partial charge on any atom is 0.230 e. The fourth-order valence-electron chi connectivity index (χ4n) is 3.28. The minimum Gasteiger partial charge on any atom is -0.349 e. The third-order valence-corrected chi connectivity index (χ3v) is 5.64. The Morgan fingerprint density at radius 1 is 1.03 bits per heavy atom. The molecule has 4 rings (SSSR count). The van der Waals surface area contributed by atoms with Crippen LogP contribution < -0.4 is 11.2 Å². The molecule has 6 nitrogen and oxygen atoms in total. The van der Waals surface area contributed by atoms with Crippen LogP contribution in [-0.2, 0) is 4.79 Å². The van der Waals surface area contributed by atoms with Gasteiger partial charge < -0.3 is 11.2 Å². The van der Waals surface area contributed by atoms with Crippen LogP contribution in [0.2, 0.25) is 0 Å². The summed E-state index contributed by atoms with van der Waals surface area (Å²) >= 11 is 1.26. The molecule has 0 saturated heterocycles. The number of nitrogens with zero attached hydrogens (tertiary/aromatic N) is 3. The van der Waals surface area contributed by atoms with Gasteiger partial charge in [-0.15, -0.1) is 10.2 Å². The average Bonchev–Trinajstić information content (AvgIpc) is 3.12. The molecular formula is C22H21N5OS. The summed E-state index contributed by atoms with van der Waals surface area (Å²) in [5.74, 6) is 6.81. The van der Waals surface area contributed by atoms with E-state index in [-0.39, 0.29) is 17.7 Å². The lowest BCUT2D eigenvalue weighted by Crippen LogP contribution is -2.28. The lowest BCUT2D eigenvalue weighted by atomic mass is 10.00. The number of rotatable bonds is 6. The third kappa shape index (κ3) is 4.09. The number of hydrogen-bond acceptors (Lipinski definition) is 5. The van der Waals surface area contributed by atoms with E-state index >= 15 is 0 Å². The van der Waals surface area contributed by atoms with Crippen LogP contribution in [0.15, 0.2) is 78.0 Å². The first kappa shape index (κ1) is 19.0. The number of thioether (sulfide) groups is 1. The van der Waals surface area contributed by atoms with Crippen molar-refractivity contribution < 1.29 is 4.79 Å². The number of nitrogens with two attached hydrogens (primary N) is 1. The highest BCUT2D eigenvalue weighted by Crippen LogP contribution is 2.25. The predicted octanol–water partition coefficient (Wildman–Crippen LogP) is 3.78. The maximum absolute atomic E-state index is 12.5. The molecule has 3 N–H and O–H groups in total. The molecule has 0 spiro atoms. The van der Waals surface area contributed by atoms with E-state index in [1.807, 2.05) is 61.5 Å². The van der Waals surface area contributed by atoms with Crippen molar-refractivity contribution in [3.05, 3.63) is 78.4 Å². The van der Waals surface area contributed by atoms with Crippen molar-refractivity contribution in [3.63, 3.8) is 0 Å². The normalized spacial score (nSPS) is 12.0. The number of fused-ring (bicyclic) bond motifs is 1. The molecule has 3 aromatic carbocycles. The molecule has 29 heavy (non-hydrogen) atoms. The molecule has 4 aromatic rings. The van der Waals surface area contributed by atoms with Gasteiger partial charge in [0.25, 0.3) is 0 Å². The molecule has 1 aromatic heterocycles. The van der Waals surface area contributed by atoms with E-state index in [4.69, 9.17) is 5.84 Å². The molecule has 0 aliphatic carbocycles. The molecule has 0 bridgehead atoms. The van der Waals surface area contributed by atoms with Gasteiger partial charge in [-0.25, -0.2) is 4.68 Å². The summed E-state index contributed by atoms with van der Waals surface area (Å²) in [4.78, 5) is 12.5. The van der Waals surface area contributed by atoms with Crippen LogP contribution in [0.25, 0.3) is 22.2 Å². The first-order valence-corrected chi connectivity index (χ1v) is 10.3. The largest absolute Gasteiger partial charge is 0.349 e. The number of nitrogens with one attached hydrogen (secondary N) is 1. The van der Waals surface area contributed by atoms with Crippen molar-refractivity contribution in [3.8, 4) is 11.4 Å². The second kappa shape index (κ2) is 8.36. The van der Waals surface area contributed by atoms with Gasteiger partial charge in [0.2, 0.25) is 11.1 Å². The smallest absolute Gasteiger partial charge is 0.230 e. The minimum absolute atomic E-state index is 0.0836. The molecule has 7 heteroatoms. The number of hydrogen-bond donors (Lipinski definition) is 2. The molecule has 1 atom stereocenters.